The van der Waals surface area contributed by atoms with Gasteiger partial charge in [0.05, 0.1) is 11.4 Å². The lowest BCUT2D eigenvalue weighted by atomic mass is 10.0. The second kappa shape index (κ2) is 10.5. The van der Waals surface area contributed by atoms with E-state index in [9.17, 15) is 0 Å². The largest absolute Gasteiger partial charge is 0.323 e. The van der Waals surface area contributed by atoms with E-state index in [1.54, 1.807) is 0 Å². The number of hydrazone groups is 1. The fraction of sp³-hybridized carbons (Fsp3) is 0.160. The van der Waals surface area contributed by atoms with Gasteiger partial charge in [-0.2, -0.15) is 5.10 Å². The van der Waals surface area contributed by atoms with Crippen LogP contribution in [0.2, 0.25) is 5.02 Å². The summed E-state index contributed by atoms with van der Waals surface area (Å²) in [6.07, 6.45) is 1.14. The second-order valence-electron chi connectivity index (χ2n) is 6.97. The predicted octanol–water partition coefficient (Wildman–Crippen LogP) is 5.50. The van der Waals surface area contributed by atoms with Crippen molar-refractivity contribution in [2.75, 3.05) is 0 Å². The molecule has 1 aromatic heterocycles. The lowest BCUT2D eigenvalue weighted by Gasteiger charge is -2.14. The summed E-state index contributed by atoms with van der Waals surface area (Å²) in [5, 5.41) is 12.9. The van der Waals surface area contributed by atoms with Crippen molar-refractivity contribution in [1.29, 1.82) is 0 Å². The Balaban J connectivity index is 0.000000287. The molecular weight excluding hydrogens is 406 g/mol. The summed E-state index contributed by atoms with van der Waals surface area (Å²) < 4.78 is 1.98. The quantitative estimate of drug-likeness (QED) is 0.263. The molecule has 0 radical (unpaired) electrons. The normalized spacial score (nSPS) is 11.0. The molecule has 6 heteroatoms. The molecule has 5 nitrogen and oxygen atoms in total. The van der Waals surface area contributed by atoms with Crippen LogP contribution >= 0.6 is 11.6 Å². The second-order valence-corrected chi connectivity index (χ2v) is 7.41. The topological polar surface area (TPSA) is 69.1 Å². The molecule has 0 unspecified atom stereocenters. The highest BCUT2D eigenvalue weighted by molar-refractivity contribution is 6.30. The molecular formula is C25H26ClN5. The Morgan fingerprint density at radius 1 is 0.871 bits per heavy atom. The lowest BCUT2D eigenvalue weighted by molar-refractivity contribution is 0.935. The Morgan fingerprint density at radius 3 is 2.00 bits per heavy atom. The molecule has 4 aromatic rings. The third kappa shape index (κ3) is 5.38. The number of halogens is 1. The van der Waals surface area contributed by atoms with E-state index in [-0.39, 0.29) is 0 Å². The highest BCUT2D eigenvalue weighted by atomic mass is 35.5. The first-order valence-corrected chi connectivity index (χ1v) is 10.5. The number of aryl methyl sites for hydroxylation is 3. The van der Waals surface area contributed by atoms with Gasteiger partial charge in [-0.25, -0.2) is 0 Å². The summed E-state index contributed by atoms with van der Waals surface area (Å²) in [5.41, 5.74) is 4.83. The number of hydrogen-bond donors (Lipinski definition) is 1. The van der Waals surface area contributed by atoms with Crippen LogP contribution in [-0.4, -0.2) is 20.5 Å². The first-order valence-electron chi connectivity index (χ1n) is 10.1. The zero-order valence-electron chi connectivity index (χ0n) is 18.0. The van der Waals surface area contributed by atoms with E-state index in [4.69, 9.17) is 17.4 Å². The van der Waals surface area contributed by atoms with Crippen LogP contribution in [0.25, 0.3) is 5.69 Å². The van der Waals surface area contributed by atoms with Crippen LogP contribution in [0, 0.1) is 13.8 Å². The summed E-state index contributed by atoms with van der Waals surface area (Å²) >= 11 is 5.97. The Morgan fingerprint density at radius 2 is 1.45 bits per heavy atom. The molecule has 0 amide bonds. The number of aromatic nitrogens is 3. The Bertz CT molecular complexity index is 1130. The minimum absolute atomic E-state index is 0.670. The van der Waals surface area contributed by atoms with Crippen molar-refractivity contribution in [3.05, 3.63) is 112 Å². The van der Waals surface area contributed by atoms with Gasteiger partial charge in [0, 0.05) is 16.1 Å². The Kier molecular flexibility index (Phi) is 7.57. The summed E-state index contributed by atoms with van der Waals surface area (Å²) in [6, 6.07) is 25.8. The third-order valence-electron chi connectivity index (χ3n) is 4.88. The number of hydrogen-bond acceptors (Lipinski definition) is 4. The molecule has 3 aromatic carbocycles. The summed E-state index contributed by atoms with van der Waals surface area (Å²) in [6.45, 7) is 5.99. The van der Waals surface area contributed by atoms with Crippen molar-refractivity contribution >= 4 is 17.3 Å². The van der Waals surface area contributed by atoms with E-state index in [2.05, 4.69) is 46.5 Å². The first-order chi connectivity index (χ1) is 15.0. The molecule has 0 fully saturated rings. The van der Waals surface area contributed by atoms with E-state index in [0.717, 1.165) is 34.9 Å². The van der Waals surface area contributed by atoms with E-state index < -0.39 is 0 Å². The smallest absolute Gasteiger partial charge is 0.134 e. The van der Waals surface area contributed by atoms with Gasteiger partial charge in [-0.3, -0.25) is 4.57 Å². The van der Waals surface area contributed by atoms with Crippen molar-refractivity contribution in [2.45, 2.75) is 27.2 Å². The zero-order valence-corrected chi connectivity index (χ0v) is 18.7. The predicted molar refractivity (Wildman–Crippen MR) is 128 cm³/mol. The van der Waals surface area contributed by atoms with E-state index >= 15 is 0 Å². The molecule has 0 bridgehead atoms. The maximum Gasteiger partial charge on any atom is 0.134 e. The summed E-state index contributed by atoms with van der Waals surface area (Å²) in [5.74, 6) is 7.30. The minimum Gasteiger partial charge on any atom is -0.323 e. The van der Waals surface area contributed by atoms with Crippen LogP contribution < -0.4 is 5.84 Å². The first kappa shape index (κ1) is 22.2. The number of nitrogens with two attached hydrogens (primary N) is 1. The van der Waals surface area contributed by atoms with Crippen LogP contribution in [0.5, 0.6) is 0 Å². The molecule has 0 saturated carbocycles. The van der Waals surface area contributed by atoms with Crippen LogP contribution in [-0.2, 0) is 6.42 Å². The standard InChI is InChI=1S/C17H16ClN5.C8H10/c1-11-21-22-12(2)23(11)16-6-4-3-5-15(16)17(20-19)13-7-9-14(18)10-8-13;1-2-8-6-4-3-5-7-8/h3-10H,19H2,1-2H3;3-7H,2H2,1H3/b20-17-;. The van der Waals surface area contributed by atoms with Crippen molar-refractivity contribution < 1.29 is 0 Å². The third-order valence-corrected chi connectivity index (χ3v) is 5.14. The van der Waals surface area contributed by atoms with Gasteiger partial charge in [0.15, 0.2) is 0 Å². The molecule has 2 N–H and O–H groups in total. The van der Waals surface area contributed by atoms with Crippen molar-refractivity contribution in [1.82, 2.24) is 14.8 Å². The molecule has 0 saturated heterocycles. The van der Waals surface area contributed by atoms with E-state index in [1.165, 1.54) is 5.56 Å². The molecule has 31 heavy (non-hydrogen) atoms. The lowest BCUT2D eigenvalue weighted by Crippen LogP contribution is -2.12. The van der Waals surface area contributed by atoms with Gasteiger partial charge in [-0.1, -0.05) is 79.2 Å². The van der Waals surface area contributed by atoms with Gasteiger partial charge in [0.25, 0.3) is 0 Å². The van der Waals surface area contributed by atoms with Gasteiger partial charge in [-0.15, -0.1) is 10.2 Å². The van der Waals surface area contributed by atoms with Crippen LogP contribution in [0.4, 0.5) is 0 Å². The van der Waals surface area contributed by atoms with Gasteiger partial charge < -0.3 is 5.84 Å². The van der Waals surface area contributed by atoms with Crippen LogP contribution in [0.1, 0.15) is 35.3 Å². The monoisotopic (exact) mass is 431 g/mol. The number of rotatable bonds is 4. The molecule has 158 valence electrons. The Hall–Kier alpha value is -3.44. The van der Waals surface area contributed by atoms with Gasteiger partial charge in [0.2, 0.25) is 0 Å². The fourth-order valence-electron chi connectivity index (χ4n) is 3.31. The molecule has 0 aliphatic rings. The van der Waals surface area contributed by atoms with E-state index in [0.29, 0.717) is 10.7 Å². The van der Waals surface area contributed by atoms with Crippen LogP contribution in [0.3, 0.4) is 0 Å². The highest BCUT2D eigenvalue weighted by Crippen LogP contribution is 2.22. The van der Waals surface area contributed by atoms with E-state index in [1.807, 2.05) is 73.0 Å². The van der Waals surface area contributed by atoms with Gasteiger partial charge in [-0.05, 0) is 44.0 Å². The van der Waals surface area contributed by atoms with Crippen molar-refractivity contribution in [2.24, 2.45) is 10.9 Å². The van der Waals surface area contributed by atoms with Crippen LogP contribution in [0.15, 0.2) is 84.0 Å². The molecule has 0 atom stereocenters. The van der Waals surface area contributed by atoms with Crippen molar-refractivity contribution in [3.63, 3.8) is 0 Å². The SMILES string of the molecule is CCc1ccccc1.Cc1nnc(C)n1-c1ccccc1/C(=N\N)c1ccc(Cl)cc1. The Labute approximate surface area is 188 Å². The van der Waals surface area contributed by atoms with Gasteiger partial charge in [0.1, 0.15) is 11.6 Å². The van der Waals surface area contributed by atoms with Crippen molar-refractivity contribution in [3.8, 4) is 5.69 Å². The molecule has 4 rings (SSSR count). The molecule has 1 heterocycles. The maximum atomic E-state index is 5.97. The van der Waals surface area contributed by atoms with Gasteiger partial charge >= 0.3 is 0 Å². The highest BCUT2D eigenvalue weighted by Gasteiger charge is 2.16. The minimum atomic E-state index is 0.670. The zero-order chi connectivity index (χ0) is 22.2. The number of nitrogens with zero attached hydrogens (tertiary/aromatic N) is 4. The number of para-hydroxylation sites is 1. The molecule has 0 aliphatic carbocycles. The summed E-state index contributed by atoms with van der Waals surface area (Å²) in [4.78, 5) is 0. The maximum absolute atomic E-state index is 5.97. The average Bonchev–Trinajstić information content (AvgIpc) is 3.14. The molecule has 0 spiro atoms. The fourth-order valence-corrected chi connectivity index (χ4v) is 3.43. The summed E-state index contributed by atoms with van der Waals surface area (Å²) in [7, 11) is 0. The number of benzene rings is 3. The molecule has 0 aliphatic heterocycles. The average molecular weight is 432 g/mol.